The van der Waals surface area contributed by atoms with E-state index in [1.165, 1.54) is 24.6 Å². The van der Waals surface area contributed by atoms with E-state index >= 15 is 0 Å². The van der Waals surface area contributed by atoms with E-state index in [1.54, 1.807) is 0 Å². The Morgan fingerprint density at radius 2 is 2.33 bits per heavy atom. The molecule has 2 aromatic rings. The van der Waals surface area contributed by atoms with Crippen LogP contribution in [0.3, 0.4) is 0 Å². The molecule has 8 nitrogen and oxygen atoms in total. The summed E-state index contributed by atoms with van der Waals surface area (Å²) in [5.74, 6) is -0.856. The van der Waals surface area contributed by atoms with Gasteiger partial charge in [0, 0.05) is 11.4 Å². The van der Waals surface area contributed by atoms with Gasteiger partial charge >= 0.3 is 5.97 Å². The van der Waals surface area contributed by atoms with Gasteiger partial charge in [0.05, 0.1) is 18.9 Å². The van der Waals surface area contributed by atoms with Crippen LogP contribution >= 0.6 is 11.3 Å². The van der Waals surface area contributed by atoms with E-state index in [2.05, 4.69) is 26.0 Å². The number of esters is 1. The fraction of sp³-hybridized carbons (Fsp3) is 0.333. The van der Waals surface area contributed by atoms with Crippen molar-refractivity contribution < 1.29 is 14.3 Å². The zero-order valence-corrected chi connectivity index (χ0v) is 12.0. The molecule has 0 saturated carbocycles. The number of amides is 1. The zero-order chi connectivity index (χ0) is 14.8. The largest absolute Gasteiger partial charge is 0.465 e. The number of methoxy groups -OCH3 is 1. The Hall–Kier alpha value is -2.26. The molecule has 0 aromatic carbocycles. The Morgan fingerprint density at radius 1 is 1.48 bits per heavy atom. The fourth-order valence-corrected chi connectivity index (χ4v) is 3.42. The molecule has 2 aromatic heterocycles. The molecule has 0 saturated heterocycles. The Labute approximate surface area is 123 Å². The van der Waals surface area contributed by atoms with Crippen molar-refractivity contribution >= 4 is 28.2 Å². The highest BCUT2D eigenvalue weighted by Gasteiger charge is 2.27. The summed E-state index contributed by atoms with van der Waals surface area (Å²) >= 11 is 1.38. The quantitative estimate of drug-likeness (QED) is 0.715. The average molecular weight is 307 g/mol. The minimum Gasteiger partial charge on any atom is -0.465 e. The van der Waals surface area contributed by atoms with E-state index in [-0.39, 0.29) is 5.69 Å². The number of thiophene rings is 1. The number of carbonyl (C=O) groups excluding carboxylic acids is 2. The van der Waals surface area contributed by atoms with Gasteiger partial charge in [0.1, 0.15) is 5.00 Å². The number of H-pyrrole nitrogens is 1. The maximum Gasteiger partial charge on any atom is 0.341 e. The molecule has 1 aliphatic rings. The molecule has 0 bridgehead atoms. The third-order valence-electron chi connectivity index (χ3n) is 3.19. The highest BCUT2D eigenvalue weighted by Crippen LogP contribution is 2.36. The molecule has 0 aliphatic carbocycles. The first kappa shape index (κ1) is 13.7. The van der Waals surface area contributed by atoms with E-state index < -0.39 is 11.9 Å². The van der Waals surface area contributed by atoms with E-state index in [4.69, 9.17) is 4.74 Å². The molecule has 9 heteroatoms. The summed E-state index contributed by atoms with van der Waals surface area (Å²) < 4.78 is 4.84. The lowest BCUT2D eigenvalue weighted by molar-refractivity contribution is 0.0601. The van der Waals surface area contributed by atoms with Gasteiger partial charge in [-0.05, 0) is 18.5 Å². The van der Waals surface area contributed by atoms with Gasteiger partial charge < -0.3 is 15.4 Å². The van der Waals surface area contributed by atoms with Crippen molar-refractivity contribution in [3.63, 3.8) is 0 Å². The van der Waals surface area contributed by atoms with Gasteiger partial charge in [0.15, 0.2) is 5.69 Å². The first-order valence-corrected chi connectivity index (χ1v) is 7.13. The van der Waals surface area contributed by atoms with Crippen molar-refractivity contribution in [2.75, 3.05) is 19.0 Å². The summed E-state index contributed by atoms with van der Waals surface area (Å²) in [5, 5.41) is 16.1. The first-order valence-electron chi connectivity index (χ1n) is 6.31. The summed E-state index contributed by atoms with van der Waals surface area (Å²) in [6.07, 6.45) is 2.05. The number of fused-ring (bicyclic) bond motifs is 1. The van der Waals surface area contributed by atoms with E-state index in [0.717, 1.165) is 23.4 Å². The normalized spacial score (nSPS) is 13.6. The summed E-state index contributed by atoms with van der Waals surface area (Å²) in [7, 11) is 1.33. The monoisotopic (exact) mass is 307 g/mol. The number of rotatable bonds is 3. The van der Waals surface area contributed by atoms with Crippen molar-refractivity contribution in [2.24, 2.45) is 0 Å². The van der Waals surface area contributed by atoms with Gasteiger partial charge in [0.2, 0.25) is 0 Å². The first-order chi connectivity index (χ1) is 10.2. The molecule has 3 rings (SSSR count). The number of ether oxygens (including phenoxy) is 1. The number of nitrogens with one attached hydrogen (secondary N) is 3. The fourth-order valence-electron chi connectivity index (χ4n) is 2.22. The maximum absolute atomic E-state index is 12.1. The molecular formula is C12H13N5O3S. The predicted molar refractivity (Wildman–Crippen MR) is 75.4 cm³/mol. The molecule has 3 N–H and O–H groups in total. The number of anilines is 1. The van der Waals surface area contributed by atoms with Gasteiger partial charge in [-0.2, -0.15) is 15.4 Å². The van der Waals surface area contributed by atoms with Crippen LogP contribution < -0.4 is 10.6 Å². The van der Waals surface area contributed by atoms with Crippen LogP contribution in [0.4, 0.5) is 5.00 Å². The smallest absolute Gasteiger partial charge is 0.341 e. The molecule has 3 heterocycles. The summed E-state index contributed by atoms with van der Waals surface area (Å²) in [6.45, 7) is 1.48. The van der Waals surface area contributed by atoms with Crippen LogP contribution in [0.2, 0.25) is 0 Å². The second-order valence-electron chi connectivity index (χ2n) is 4.44. The second kappa shape index (κ2) is 5.62. The molecule has 0 fully saturated rings. The number of carbonyl (C=O) groups is 2. The van der Waals surface area contributed by atoms with Crippen LogP contribution in [0.1, 0.15) is 31.3 Å². The van der Waals surface area contributed by atoms with Crippen molar-refractivity contribution in [3.05, 3.63) is 27.9 Å². The molecule has 0 spiro atoms. The van der Waals surface area contributed by atoms with Crippen LogP contribution in [0.25, 0.3) is 0 Å². The molecule has 0 radical (unpaired) electrons. The van der Waals surface area contributed by atoms with Crippen LogP contribution in [-0.2, 0) is 17.7 Å². The van der Waals surface area contributed by atoms with Gasteiger partial charge in [-0.1, -0.05) is 0 Å². The molecule has 1 aliphatic heterocycles. The highest BCUT2D eigenvalue weighted by molar-refractivity contribution is 7.17. The lowest BCUT2D eigenvalue weighted by Gasteiger charge is -2.13. The Bertz CT molecular complexity index is 679. The Morgan fingerprint density at radius 3 is 3.05 bits per heavy atom. The van der Waals surface area contributed by atoms with Gasteiger partial charge in [-0.15, -0.1) is 11.3 Å². The van der Waals surface area contributed by atoms with Crippen LogP contribution in [0.15, 0.2) is 6.20 Å². The zero-order valence-electron chi connectivity index (χ0n) is 11.2. The number of hydrogen-bond acceptors (Lipinski definition) is 7. The molecule has 0 unspecified atom stereocenters. The Balaban J connectivity index is 1.95. The topological polar surface area (TPSA) is 109 Å². The van der Waals surface area contributed by atoms with Gasteiger partial charge in [0.25, 0.3) is 5.91 Å². The average Bonchev–Trinajstić information content (AvgIpc) is 3.13. The molecular weight excluding hydrogens is 294 g/mol. The van der Waals surface area contributed by atoms with Gasteiger partial charge in [-0.3, -0.25) is 4.79 Å². The van der Waals surface area contributed by atoms with Crippen molar-refractivity contribution in [3.8, 4) is 0 Å². The summed E-state index contributed by atoms with van der Waals surface area (Å²) in [5.41, 5.74) is 1.55. The SMILES string of the molecule is COC(=O)c1c(NC(=O)c2cn[nH]n2)sc2c1CCNC2. The van der Waals surface area contributed by atoms with E-state index in [9.17, 15) is 9.59 Å². The standard InChI is InChI=1S/C12H13N5O3S/c1-20-12(19)9-6-2-3-13-5-8(6)21-11(9)15-10(18)7-4-14-17-16-7/h4,13H,2-3,5H2,1H3,(H,15,18)(H,14,16,17). The molecule has 110 valence electrons. The number of hydrogen-bond donors (Lipinski definition) is 3. The molecule has 1 amide bonds. The second-order valence-corrected chi connectivity index (χ2v) is 5.54. The number of nitrogens with zero attached hydrogens (tertiary/aromatic N) is 2. The minimum absolute atomic E-state index is 0.162. The number of aromatic amines is 1. The summed E-state index contributed by atoms with van der Waals surface area (Å²) in [4.78, 5) is 25.1. The third-order valence-corrected chi connectivity index (χ3v) is 4.34. The van der Waals surface area contributed by atoms with Crippen LogP contribution in [0, 0.1) is 0 Å². The highest BCUT2D eigenvalue weighted by atomic mass is 32.1. The molecule has 0 atom stereocenters. The third kappa shape index (κ3) is 2.52. The predicted octanol–water partition coefficient (Wildman–Crippen LogP) is 0.551. The van der Waals surface area contributed by atoms with E-state index in [1.807, 2.05) is 0 Å². The van der Waals surface area contributed by atoms with Crippen LogP contribution in [-0.4, -0.2) is 40.9 Å². The van der Waals surface area contributed by atoms with Crippen molar-refractivity contribution in [2.45, 2.75) is 13.0 Å². The minimum atomic E-state index is -0.440. The van der Waals surface area contributed by atoms with E-state index in [0.29, 0.717) is 17.1 Å². The maximum atomic E-state index is 12.1. The lowest BCUT2D eigenvalue weighted by Crippen LogP contribution is -2.23. The van der Waals surface area contributed by atoms with Crippen LogP contribution in [0.5, 0.6) is 0 Å². The summed E-state index contributed by atoms with van der Waals surface area (Å²) in [6, 6.07) is 0. The number of aromatic nitrogens is 3. The van der Waals surface area contributed by atoms with Crippen molar-refractivity contribution in [1.82, 2.24) is 20.7 Å². The van der Waals surface area contributed by atoms with Gasteiger partial charge in [-0.25, -0.2) is 4.79 Å². The van der Waals surface area contributed by atoms with Crippen molar-refractivity contribution in [1.29, 1.82) is 0 Å². The molecule has 21 heavy (non-hydrogen) atoms. The lowest BCUT2D eigenvalue weighted by atomic mass is 10.0. The Kier molecular flexibility index (Phi) is 3.67.